The fourth-order valence-corrected chi connectivity index (χ4v) is 3.07. The highest BCUT2D eigenvalue weighted by Gasteiger charge is 2.37. The Kier molecular flexibility index (Phi) is 8.07. The first-order valence-corrected chi connectivity index (χ1v) is 10.1. The van der Waals surface area contributed by atoms with Crippen molar-refractivity contribution in [3.63, 3.8) is 0 Å². The maximum absolute atomic E-state index is 13.1. The molecule has 0 spiro atoms. The van der Waals surface area contributed by atoms with Gasteiger partial charge in [0.1, 0.15) is 5.60 Å². The van der Waals surface area contributed by atoms with Gasteiger partial charge in [-0.1, -0.05) is 48.0 Å². The molecule has 0 aromatic heterocycles. The van der Waals surface area contributed by atoms with E-state index >= 15 is 0 Å². The second-order valence-electron chi connectivity index (χ2n) is 8.16. The van der Waals surface area contributed by atoms with Gasteiger partial charge in [-0.2, -0.15) is 13.2 Å². The number of nitrogens with one attached hydrogen (secondary N) is 1. The van der Waals surface area contributed by atoms with Crippen LogP contribution in [0, 0.1) is 0 Å². The highest BCUT2D eigenvalue weighted by atomic mass is 35.5. The fourth-order valence-electron chi connectivity index (χ4n) is 2.90. The van der Waals surface area contributed by atoms with E-state index in [1.165, 1.54) is 18.2 Å². The lowest BCUT2D eigenvalue weighted by Gasteiger charge is -2.24. The molecule has 0 aliphatic carbocycles. The normalized spacial score (nSPS) is 12.7. The highest BCUT2D eigenvalue weighted by molar-refractivity contribution is 6.31. The van der Waals surface area contributed by atoms with Crippen molar-refractivity contribution in [1.82, 2.24) is 5.32 Å². The van der Waals surface area contributed by atoms with Gasteiger partial charge in [0.15, 0.2) is 11.6 Å². The molecule has 0 aliphatic heterocycles. The Morgan fingerprint density at radius 3 is 2.22 bits per heavy atom. The topological polar surface area (TPSA) is 72.5 Å². The van der Waals surface area contributed by atoms with Crippen molar-refractivity contribution in [3.8, 4) is 0 Å². The lowest BCUT2D eigenvalue weighted by molar-refractivity contribution is -0.148. The fraction of sp³-hybridized carbons (Fsp3) is 0.348. The number of carbonyl (C=O) groups is 3. The summed E-state index contributed by atoms with van der Waals surface area (Å²) < 4.78 is 44.2. The van der Waals surface area contributed by atoms with Crippen LogP contribution in [0.2, 0.25) is 5.02 Å². The van der Waals surface area contributed by atoms with Crippen LogP contribution in [0.3, 0.4) is 0 Å². The monoisotopic (exact) mass is 469 g/mol. The Labute approximate surface area is 188 Å². The summed E-state index contributed by atoms with van der Waals surface area (Å²) in [4.78, 5) is 37.7. The molecule has 0 unspecified atom stereocenters. The lowest BCUT2D eigenvalue weighted by Crippen LogP contribution is -2.46. The predicted molar refractivity (Wildman–Crippen MR) is 114 cm³/mol. The van der Waals surface area contributed by atoms with Gasteiger partial charge in [-0.3, -0.25) is 9.59 Å². The number of hydrogen-bond donors (Lipinski definition) is 1. The van der Waals surface area contributed by atoms with Gasteiger partial charge in [-0.15, -0.1) is 0 Å². The summed E-state index contributed by atoms with van der Waals surface area (Å²) in [6.45, 7) is 4.63. The Bertz CT molecular complexity index is 985. The molecule has 0 saturated carbocycles. The standard InChI is InChI=1S/C23H23ClF3NO4/c1-22(2,3)32-21(31)28-18(13-23(25,26)27)19(29)11-15-9-10-16(24)12-17(15)20(30)14-7-5-4-6-8-14/h4-10,12,18H,11,13H2,1-3H3,(H,28,31)/t18-/m0/s1. The molecule has 5 nitrogen and oxygen atoms in total. The van der Waals surface area contributed by atoms with E-state index in [9.17, 15) is 27.6 Å². The van der Waals surface area contributed by atoms with Crippen LogP contribution >= 0.6 is 11.6 Å². The van der Waals surface area contributed by atoms with Gasteiger partial charge in [0.05, 0.1) is 12.5 Å². The van der Waals surface area contributed by atoms with E-state index in [1.54, 1.807) is 51.1 Å². The van der Waals surface area contributed by atoms with Crippen LogP contribution in [0.1, 0.15) is 48.7 Å². The Morgan fingerprint density at radius 2 is 1.66 bits per heavy atom. The number of hydrogen-bond acceptors (Lipinski definition) is 4. The van der Waals surface area contributed by atoms with Crippen LogP contribution in [0.25, 0.3) is 0 Å². The molecule has 9 heteroatoms. The zero-order valence-corrected chi connectivity index (χ0v) is 18.5. The number of alkyl halides is 3. The first-order valence-electron chi connectivity index (χ1n) is 9.72. The molecule has 0 fully saturated rings. The number of Topliss-reactive ketones (excluding diaryl/α,β-unsaturated/α-hetero) is 1. The number of alkyl carbamates (subject to hydrolysis) is 1. The van der Waals surface area contributed by atoms with Crippen LogP contribution in [-0.4, -0.2) is 35.5 Å². The molecule has 172 valence electrons. The zero-order valence-electron chi connectivity index (χ0n) is 17.8. The first kappa shape index (κ1) is 25.4. The molecule has 0 aliphatic rings. The molecule has 1 atom stereocenters. The Balaban J connectivity index is 2.30. The van der Waals surface area contributed by atoms with Crippen LogP contribution in [0.5, 0.6) is 0 Å². The van der Waals surface area contributed by atoms with E-state index < -0.39 is 48.3 Å². The van der Waals surface area contributed by atoms with Crippen molar-refractivity contribution < 1.29 is 32.3 Å². The first-order chi connectivity index (χ1) is 14.7. The van der Waals surface area contributed by atoms with E-state index in [1.807, 2.05) is 5.32 Å². The van der Waals surface area contributed by atoms with Crippen molar-refractivity contribution in [2.45, 2.75) is 51.4 Å². The Hall–Kier alpha value is -2.87. The van der Waals surface area contributed by atoms with Gasteiger partial charge >= 0.3 is 12.3 Å². The molecular weight excluding hydrogens is 447 g/mol. The molecule has 1 N–H and O–H groups in total. The van der Waals surface area contributed by atoms with E-state index in [-0.39, 0.29) is 16.1 Å². The number of carbonyl (C=O) groups excluding carboxylic acids is 3. The SMILES string of the molecule is CC(C)(C)OC(=O)N[C@@H](CC(F)(F)F)C(=O)Cc1ccc(Cl)cc1C(=O)c1ccccc1. The van der Waals surface area contributed by atoms with Gasteiger partial charge < -0.3 is 10.1 Å². The van der Waals surface area contributed by atoms with Crippen molar-refractivity contribution in [3.05, 3.63) is 70.2 Å². The molecule has 2 aromatic rings. The van der Waals surface area contributed by atoms with Crippen LogP contribution in [0.4, 0.5) is 18.0 Å². The molecule has 0 radical (unpaired) electrons. The van der Waals surface area contributed by atoms with E-state index in [0.717, 1.165) is 0 Å². The van der Waals surface area contributed by atoms with E-state index in [4.69, 9.17) is 16.3 Å². The molecule has 0 heterocycles. The average molecular weight is 470 g/mol. The van der Waals surface area contributed by atoms with Gasteiger partial charge in [0.25, 0.3) is 0 Å². The van der Waals surface area contributed by atoms with Crippen LogP contribution < -0.4 is 5.32 Å². The second kappa shape index (κ2) is 10.2. The third-order valence-electron chi connectivity index (χ3n) is 4.23. The lowest BCUT2D eigenvalue weighted by atomic mass is 9.93. The molecular formula is C23H23ClF3NO4. The summed E-state index contributed by atoms with van der Waals surface area (Å²) in [5.41, 5.74) is -0.324. The van der Waals surface area contributed by atoms with Crippen molar-refractivity contribution in [1.29, 1.82) is 0 Å². The summed E-state index contributed by atoms with van der Waals surface area (Å²) in [6.07, 6.45) is -7.93. The molecule has 2 rings (SSSR count). The number of rotatable bonds is 7. The quantitative estimate of drug-likeness (QED) is 0.541. The van der Waals surface area contributed by atoms with Crippen molar-refractivity contribution in [2.24, 2.45) is 0 Å². The molecule has 1 amide bonds. The molecule has 2 aromatic carbocycles. The zero-order chi connectivity index (χ0) is 24.1. The number of amides is 1. The van der Waals surface area contributed by atoms with Gasteiger partial charge in [-0.05, 0) is 38.5 Å². The van der Waals surface area contributed by atoms with Crippen LogP contribution in [0.15, 0.2) is 48.5 Å². The summed E-state index contributed by atoms with van der Waals surface area (Å²) >= 11 is 6.01. The second-order valence-corrected chi connectivity index (χ2v) is 8.59. The van der Waals surface area contributed by atoms with E-state index in [2.05, 4.69) is 0 Å². The van der Waals surface area contributed by atoms with Gasteiger partial charge in [0, 0.05) is 22.6 Å². The van der Waals surface area contributed by atoms with Gasteiger partial charge in [0.2, 0.25) is 0 Å². The smallest absolute Gasteiger partial charge is 0.408 e. The Morgan fingerprint density at radius 1 is 1.03 bits per heavy atom. The molecule has 0 bridgehead atoms. The van der Waals surface area contributed by atoms with Gasteiger partial charge in [-0.25, -0.2) is 4.79 Å². The minimum absolute atomic E-state index is 0.0973. The third kappa shape index (κ3) is 8.00. The molecule has 32 heavy (non-hydrogen) atoms. The highest BCUT2D eigenvalue weighted by Crippen LogP contribution is 2.25. The summed E-state index contributed by atoms with van der Waals surface area (Å²) in [6, 6.07) is 10.5. The average Bonchev–Trinajstić information content (AvgIpc) is 2.66. The maximum Gasteiger partial charge on any atom is 0.408 e. The van der Waals surface area contributed by atoms with Crippen molar-refractivity contribution in [2.75, 3.05) is 0 Å². The van der Waals surface area contributed by atoms with Crippen LogP contribution in [-0.2, 0) is 16.0 Å². The maximum atomic E-state index is 13.1. The third-order valence-corrected chi connectivity index (χ3v) is 4.47. The largest absolute Gasteiger partial charge is 0.444 e. The number of ketones is 2. The minimum atomic E-state index is -4.71. The number of halogens is 4. The minimum Gasteiger partial charge on any atom is -0.444 e. The molecule has 0 saturated heterocycles. The summed E-state index contributed by atoms with van der Waals surface area (Å²) in [5, 5.41) is 2.24. The predicted octanol–water partition coefficient (Wildman–Crippen LogP) is 5.53. The summed E-state index contributed by atoms with van der Waals surface area (Å²) in [7, 11) is 0. The van der Waals surface area contributed by atoms with E-state index in [0.29, 0.717) is 5.56 Å². The van der Waals surface area contributed by atoms with Crippen molar-refractivity contribution >= 4 is 29.3 Å². The number of ether oxygens (including phenoxy) is 1. The summed E-state index contributed by atoms with van der Waals surface area (Å²) in [5.74, 6) is -1.35. The number of benzene rings is 2.